The lowest BCUT2D eigenvalue weighted by molar-refractivity contribution is 0.239. The van der Waals surface area contributed by atoms with Crippen molar-refractivity contribution in [3.8, 4) is 0 Å². The standard InChI is InChI=1S/C8H17NO3S.C2H6/c1-12-13(10,11)8-7-9-5-3-2-4-6-9;1-2/h2-8H2,1H3;1-2H3. The average Bonchev–Trinajstić information content (AvgIpc) is 2.31. The van der Waals surface area contributed by atoms with Gasteiger partial charge in [-0.05, 0) is 25.9 Å². The van der Waals surface area contributed by atoms with Crippen molar-refractivity contribution in [3.63, 3.8) is 0 Å². The van der Waals surface area contributed by atoms with Crippen LogP contribution in [0.1, 0.15) is 33.1 Å². The third-order valence-electron chi connectivity index (χ3n) is 2.36. The van der Waals surface area contributed by atoms with E-state index in [-0.39, 0.29) is 5.75 Å². The molecular weight excluding hydrogens is 214 g/mol. The Kier molecular flexibility index (Phi) is 8.00. The number of rotatable bonds is 4. The molecule has 0 unspecified atom stereocenters. The molecule has 5 heteroatoms. The molecule has 1 fully saturated rings. The minimum absolute atomic E-state index is 0.115. The summed E-state index contributed by atoms with van der Waals surface area (Å²) in [7, 11) is -2.05. The summed E-state index contributed by atoms with van der Waals surface area (Å²) >= 11 is 0. The van der Waals surface area contributed by atoms with Crippen molar-refractivity contribution >= 4 is 10.1 Å². The summed E-state index contributed by atoms with van der Waals surface area (Å²) in [5, 5.41) is 0. The fourth-order valence-electron chi connectivity index (χ4n) is 1.51. The van der Waals surface area contributed by atoms with Crippen molar-refractivity contribution in [2.75, 3.05) is 32.5 Å². The molecule has 0 aromatic carbocycles. The molecular formula is C10H23NO3S. The fourth-order valence-corrected chi connectivity index (χ4v) is 2.16. The highest BCUT2D eigenvalue weighted by atomic mass is 32.2. The van der Waals surface area contributed by atoms with Crippen LogP contribution in [-0.4, -0.2) is 45.8 Å². The van der Waals surface area contributed by atoms with Crippen LogP contribution in [-0.2, 0) is 14.3 Å². The Balaban J connectivity index is 0.000000921. The first-order chi connectivity index (χ1) is 7.14. The summed E-state index contributed by atoms with van der Waals surface area (Å²) in [6.07, 6.45) is 3.65. The summed E-state index contributed by atoms with van der Waals surface area (Å²) in [5.41, 5.74) is 0. The summed E-state index contributed by atoms with van der Waals surface area (Å²) in [5.74, 6) is 0.115. The molecule has 0 aromatic heterocycles. The van der Waals surface area contributed by atoms with Crippen LogP contribution in [0.4, 0.5) is 0 Å². The molecule has 1 aliphatic heterocycles. The molecule has 1 rings (SSSR count). The van der Waals surface area contributed by atoms with E-state index in [9.17, 15) is 8.42 Å². The maximum absolute atomic E-state index is 11.0. The van der Waals surface area contributed by atoms with Crippen LogP contribution in [0.5, 0.6) is 0 Å². The summed E-state index contributed by atoms with van der Waals surface area (Å²) in [4.78, 5) is 2.18. The molecule has 0 saturated carbocycles. The van der Waals surface area contributed by atoms with Gasteiger partial charge in [0.15, 0.2) is 0 Å². The first kappa shape index (κ1) is 14.9. The molecule has 1 aliphatic rings. The lowest BCUT2D eigenvalue weighted by Gasteiger charge is -2.25. The monoisotopic (exact) mass is 237 g/mol. The van der Waals surface area contributed by atoms with E-state index < -0.39 is 10.1 Å². The summed E-state index contributed by atoms with van der Waals surface area (Å²) < 4.78 is 26.4. The van der Waals surface area contributed by atoms with Gasteiger partial charge in [-0.3, -0.25) is 4.18 Å². The molecule has 0 bridgehead atoms. The molecule has 0 aromatic rings. The van der Waals surface area contributed by atoms with Gasteiger partial charge in [0.05, 0.1) is 12.9 Å². The number of likely N-dealkylation sites (tertiary alicyclic amines) is 1. The Labute approximate surface area is 93.7 Å². The maximum atomic E-state index is 11.0. The smallest absolute Gasteiger partial charge is 0.268 e. The zero-order chi connectivity index (χ0) is 11.7. The molecule has 92 valence electrons. The van der Waals surface area contributed by atoms with E-state index in [2.05, 4.69) is 9.08 Å². The largest absolute Gasteiger partial charge is 0.302 e. The van der Waals surface area contributed by atoms with Gasteiger partial charge in [0.1, 0.15) is 0 Å². The van der Waals surface area contributed by atoms with Gasteiger partial charge in [-0.1, -0.05) is 20.3 Å². The van der Waals surface area contributed by atoms with Crippen LogP contribution in [0.25, 0.3) is 0 Å². The van der Waals surface area contributed by atoms with E-state index in [1.165, 1.54) is 26.4 Å². The Morgan fingerprint density at radius 1 is 1.13 bits per heavy atom. The normalized spacial score (nSPS) is 18.1. The van der Waals surface area contributed by atoms with Crippen molar-refractivity contribution in [1.29, 1.82) is 0 Å². The first-order valence-electron chi connectivity index (χ1n) is 5.65. The van der Waals surface area contributed by atoms with Crippen molar-refractivity contribution in [3.05, 3.63) is 0 Å². The Morgan fingerprint density at radius 3 is 2.13 bits per heavy atom. The van der Waals surface area contributed by atoms with Crippen LogP contribution in [0.3, 0.4) is 0 Å². The van der Waals surface area contributed by atoms with Gasteiger partial charge < -0.3 is 4.90 Å². The zero-order valence-electron chi connectivity index (χ0n) is 10.0. The number of hydrogen-bond donors (Lipinski definition) is 0. The van der Waals surface area contributed by atoms with E-state index in [1.54, 1.807) is 0 Å². The predicted molar refractivity (Wildman–Crippen MR) is 62.4 cm³/mol. The molecule has 0 N–H and O–H groups in total. The molecule has 1 saturated heterocycles. The third-order valence-corrected chi connectivity index (χ3v) is 3.55. The van der Waals surface area contributed by atoms with Crippen molar-refractivity contribution in [1.82, 2.24) is 4.90 Å². The van der Waals surface area contributed by atoms with Crippen LogP contribution < -0.4 is 0 Å². The van der Waals surface area contributed by atoms with Gasteiger partial charge in [-0.15, -0.1) is 0 Å². The molecule has 15 heavy (non-hydrogen) atoms. The SMILES string of the molecule is CC.COS(=O)(=O)CCN1CCCCC1. The van der Waals surface area contributed by atoms with Crippen molar-refractivity contribution in [2.45, 2.75) is 33.1 Å². The van der Waals surface area contributed by atoms with Gasteiger partial charge >= 0.3 is 0 Å². The fraction of sp³-hybridized carbons (Fsp3) is 1.00. The third kappa shape index (κ3) is 6.87. The van der Waals surface area contributed by atoms with E-state index in [0.717, 1.165) is 13.1 Å². The minimum Gasteiger partial charge on any atom is -0.302 e. The highest BCUT2D eigenvalue weighted by Gasteiger charge is 2.14. The van der Waals surface area contributed by atoms with Crippen LogP contribution in [0, 0.1) is 0 Å². The van der Waals surface area contributed by atoms with E-state index >= 15 is 0 Å². The zero-order valence-corrected chi connectivity index (χ0v) is 10.8. The topological polar surface area (TPSA) is 46.6 Å². The second-order valence-corrected chi connectivity index (χ2v) is 5.19. The highest BCUT2D eigenvalue weighted by Crippen LogP contribution is 2.08. The Morgan fingerprint density at radius 2 is 1.67 bits per heavy atom. The number of piperidine rings is 1. The lowest BCUT2D eigenvalue weighted by Crippen LogP contribution is -2.34. The second kappa shape index (κ2) is 8.07. The minimum atomic E-state index is -3.26. The first-order valence-corrected chi connectivity index (χ1v) is 7.22. The Bertz CT molecular complexity index is 233. The highest BCUT2D eigenvalue weighted by molar-refractivity contribution is 7.86. The number of nitrogens with zero attached hydrogens (tertiary/aromatic N) is 1. The number of hydrogen-bond acceptors (Lipinski definition) is 4. The van der Waals surface area contributed by atoms with E-state index in [0.29, 0.717) is 6.54 Å². The Hall–Kier alpha value is -0.130. The molecule has 1 heterocycles. The summed E-state index contributed by atoms with van der Waals surface area (Å²) in [6, 6.07) is 0. The average molecular weight is 237 g/mol. The predicted octanol–water partition coefficient (Wildman–Crippen LogP) is 1.47. The van der Waals surface area contributed by atoms with Crippen molar-refractivity contribution < 1.29 is 12.6 Å². The van der Waals surface area contributed by atoms with Crippen molar-refractivity contribution in [2.24, 2.45) is 0 Å². The van der Waals surface area contributed by atoms with Gasteiger partial charge in [0.2, 0.25) is 0 Å². The van der Waals surface area contributed by atoms with Gasteiger partial charge in [0, 0.05) is 6.54 Å². The molecule has 0 aliphatic carbocycles. The molecule has 0 atom stereocenters. The van der Waals surface area contributed by atoms with Gasteiger partial charge in [0.25, 0.3) is 10.1 Å². The van der Waals surface area contributed by atoms with E-state index in [1.807, 2.05) is 13.8 Å². The summed E-state index contributed by atoms with van der Waals surface area (Å²) in [6.45, 7) is 6.66. The van der Waals surface area contributed by atoms with Crippen LogP contribution in [0.2, 0.25) is 0 Å². The van der Waals surface area contributed by atoms with Crippen LogP contribution in [0.15, 0.2) is 0 Å². The molecule has 0 amide bonds. The maximum Gasteiger partial charge on any atom is 0.268 e. The molecule has 4 nitrogen and oxygen atoms in total. The van der Waals surface area contributed by atoms with E-state index in [4.69, 9.17) is 0 Å². The lowest BCUT2D eigenvalue weighted by atomic mass is 10.1. The molecule has 0 radical (unpaired) electrons. The quantitative estimate of drug-likeness (QED) is 0.695. The second-order valence-electron chi connectivity index (χ2n) is 3.33. The molecule has 0 spiro atoms. The van der Waals surface area contributed by atoms with Gasteiger partial charge in [-0.25, -0.2) is 0 Å². The van der Waals surface area contributed by atoms with Crippen LogP contribution >= 0.6 is 0 Å². The van der Waals surface area contributed by atoms with Gasteiger partial charge in [-0.2, -0.15) is 8.42 Å².